The summed E-state index contributed by atoms with van der Waals surface area (Å²) in [5.41, 5.74) is 9.33. The first kappa shape index (κ1) is 25.5. The van der Waals surface area contributed by atoms with Crippen LogP contribution in [0.4, 0.5) is 0 Å². The third kappa shape index (κ3) is 6.68. The first-order valence-corrected chi connectivity index (χ1v) is 12.2. The monoisotopic (exact) mass is 456 g/mol. The largest absolute Gasteiger partial charge is 0.457 e. The molecular formula is C31H36O3. The Labute approximate surface area is 204 Å². The van der Waals surface area contributed by atoms with Crippen LogP contribution in [0.15, 0.2) is 72.8 Å². The minimum Gasteiger partial charge on any atom is -0.457 e. The van der Waals surface area contributed by atoms with Crippen molar-refractivity contribution in [2.75, 3.05) is 6.61 Å². The maximum Gasteiger partial charge on any atom is 0.333 e. The highest BCUT2D eigenvalue weighted by atomic mass is 16.5. The molecular weight excluding hydrogens is 420 g/mol. The number of hydrogen-bond donors (Lipinski definition) is 1. The zero-order valence-corrected chi connectivity index (χ0v) is 20.7. The number of carbonyl (C=O) groups excluding carboxylic acids is 1. The van der Waals surface area contributed by atoms with Crippen LogP contribution in [0.3, 0.4) is 0 Å². The SMILES string of the molecule is C=C(C)C(=O)OCc1cc(-c2ccc(CCCCC)cc2)ccc1-c1ccc(CCO)cc1C. The van der Waals surface area contributed by atoms with Gasteiger partial charge in [-0.25, -0.2) is 4.79 Å². The normalized spacial score (nSPS) is 10.8. The summed E-state index contributed by atoms with van der Waals surface area (Å²) in [5.74, 6) is -0.386. The smallest absolute Gasteiger partial charge is 0.333 e. The van der Waals surface area contributed by atoms with Gasteiger partial charge in [0.25, 0.3) is 0 Å². The molecule has 0 aliphatic heterocycles. The second kappa shape index (κ2) is 12.3. The fraction of sp³-hybridized carbons (Fsp3) is 0.323. The molecule has 3 heteroatoms. The maximum atomic E-state index is 12.1. The molecule has 0 bridgehead atoms. The predicted molar refractivity (Wildman–Crippen MR) is 141 cm³/mol. The van der Waals surface area contributed by atoms with E-state index in [-0.39, 0.29) is 19.2 Å². The van der Waals surface area contributed by atoms with E-state index in [2.05, 4.69) is 75.0 Å². The van der Waals surface area contributed by atoms with Crippen molar-refractivity contribution < 1.29 is 14.6 Å². The van der Waals surface area contributed by atoms with Crippen molar-refractivity contribution in [3.05, 3.63) is 95.1 Å². The lowest BCUT2D eigenvalue weighted by molar-refractivity contribution is -0.140. The summed E-state index contributed by atoms with van der Waals surface area (Å²) in [4.78, 5) is 12.1. The molecule has 0 aliphatic rings. The van der Waals surface area contributed by atoms with E-state index in [1.807, 2.05) is 6.07 Å². The van der Waals surface area contributed by atoms with Crippen molar-refractivity contribution in [2.45, 2.75) is 59.5 Å². The van der Waals surface area contributed by atoms with E-state index in [9.17, 15) is 9.90 Å². The molecule has 1 N–H and O–H groups in total. The van der Waals surface area contributed by atoms with Crippen molar-refractivity contribution in [1.82, 2.24) is 0 Å². The van der Waals surface area contributed by atoms with Gasteiger partial charge in [-0.1, -0.05) is 80.9 Å². The molecule has 0 aromatic heterocycles. The quantitative estimate of drug-likeness (QED) is 0.188. The highest BCUT2D eigenvalue weighted by molar-refractivity contribution is 5.87. The fourth-order valence-electron chi connectivity index (χ4n) is 4.18. The molecule has 0 saturated heterocycles. The maximum absolute atomic E-state index is 12.1. The van der Waals surface area contributed by atoms with E-state index >= 15 is 0 Å². The van der Waals surface area contributed by atoms with Crippen LogP contribution >= 0.6 is 0 Å². The number of carbonyl (C=O) groups is 1. The van der Waals surface area contributed by atoms with Crippen molar-refractivity contribution in [3.63, 3.8) is 0 Å². The topological polar surface area (TPSA) is 46.5 Å². The molecule has 0 spiro atoms. The van der Waals surface area contributed by atoms with E-state index in [4.69, 9.17) is 4.74 Å². The van der Waals surface area contributed by atoms with Gasteiger partial charge in [-0.15, -0.1) is 0 Å². The van der Waals surface area contributed by atoms with Crippen LogP contribution in [0.25, 0.3) is 22.3 Å². The number of unbranched alkanes of at least 4 members (excludes halogenated alkanes) is 2. The summed E-state index contributed by atoms with van der Waals surface area (Å²) < 4.78 is 5.55. The van der Waals surface area contributed by atoms with Crippen LogP contribution < -0.4 is 0 Å². The van der Waals surface area contributed by atoms with Gasteiger partial charge in [0.05, 0.1) is 0 Å². The van der Waals surface area contributed by atoms with Gasteiger partial charge in [-0.2, -0.15) is 0 Å². The van der Waals surface area contributed by atoms with E-state index in [1.54, 1.807) is 6.92 Å². The Kier molecular flexibility index (Phi) is 9.24. The van der Waals surface area contributed by atoms with Crippen molar-refractivity contribution in [2.24, 2.45) is 0 Å². The lowest BCUT2D eigenvalue weighted by Crippen LogP contribution is -2.06. The molecule has 0 amide bonds. The third-order valence-corrected chi connectivity index (χ3v) is 6.15. The summed E-state index contributed by atoms with van der Waals surface area (Å²) in [6, 6.07) is 21.4. The van der Waals surface area contributed by atoms with Crippen LogP contribution in [-0.4, -0.2) is 17.7 Å². The molecule has 0 aliphatic carbocycles. The van der Waals surface area contributed by atoms with Crippen LogP contribution in [-0.2, 0) is 29.0 Å². The molecule has 0 radical (unpaired) electrons. The zero-order chi connectivity index (χ0) is 24.5. The number of benzene rings is 3. The van der Waals surface area contributed by atoms with E-state index in [0.717, 1.165) is 45.4 Å². The zero-order valence-electron chi connectivity index (χ0n) is 20.7. The summed E-state index contributed by atoms with van der Waals surface area (Å²) in [6.07, 6.45) is 5.46. The molecule has 0 heterocycles. The highest BCUT2D eigenvalue weighted by Crippen LogP contribution is 2.32. The van der Waals surface area contributed by atoms with Crippen molar-refractivity contribution in [1.29, 1.82) is 0 Å². The van der Waals surface area contributed by atoms with E-state index < -0.39 is 0 Å². The van der Waals surface area contributed by atoms with Crippen LogP contribution in [0.5, 0.6) is 0 Å². The molecule has 3 rings (SSSR count). The lowest BCUT2D eigenvalue weighted by Gasteiger charge is -2.16. The minimum absolute atomic E-state index is 0.132. The second-order valence-corrected chi connectivity index (χ2v) is 9.01. The van der Waals surface area contributed by atoms with Crippen LogP contribution in [0.2, 0.25) is 0 Å². The Morgan fingerprint density at radius 1 is 0.882 bits per heavy atom. The Morgan fingerprint density at radius 2 is 1.56 bits per heavy atom. The summed E-state index contributed by atoms with van der Waals surface area (Å²) in [6.45, 7) is 9.97. The van der Waals surface area contributed by atoms with Gasteiger partial charge in [0.1, 0.15) is 6.61 Å². The van der Waals surface area contributed by atoms with Crippen LogP contribution in [0, 0.1) is 6.92 Å². The molecule has 0 saturated carbocycles. The van der Waals surface area contributed by atoms with Gasteiger partial charge in [-0.3, -0.25) is 0 Å². The Balaban J connectivity index is 1.94. The lowest BCUT2D eigenvalue weighted by atomic mass is 9.91. The third-order valence-electron chi connectivity index (χ3n) is 6.15. The predicted octanol–water partition coefficient (Wildman–Crippen LogP) is 7.22. The number of hydrogen-bond acceptors (Lipinski definition) is 3. The number of rotatable bonds is 11. The number of aryl methyl sites for hydroxylation is 2. The average Bonchev–Trinajstić information content (AvgIpc) is 2.83. The van der Waals surface area contributed by atoms with Gasteiger partial charge < -0.3 is 9.84 Å². The fourth-order valence-corrected chi connectivity index (χ4v) is 4.18. The molecule has 3 aromatic carbocycles. The molecule has 3 aromatic rings. The number of aliphatic hydroxyl groups excluding tert-OH is 1. The average molecular weight is 457 g/mol. The van der Waals surface area contributed by atoms with Crippen molar-refractivity contribution in [3.8, 4) is 22.3 Å². The number of ether oxygens (including phenoxy) is 1. The molecule has 34 heavy (non-hydrogen) atoms. The number of esters is 1. The van der Waals surface area contributed by atoms with E-state index in [1.165, 1.54) is 24.8 Å². The standard InChI is InChI=1S/C31H36O3/c1-5-6-7-8-24-9-12-26(13-10-24)27-14-16-30(28(20-27)21-34-31(33)22(2)3)29-15-11-25(17-18-32)19-23(29)4/h9-16,19-20,32H,2,5-8,17-18,21H2,1,3-4H3. The first-order valence-electron chi connectivity index (χ1n) is 12.2. The molecule has 178 valence electrons. The van der Waals surface area contributed by atoms with Gasteiger partial charge in [0.15, 0.2) is 0 Å². The van der Waals surface area contributed by atoms with Gasteiger partial charge in [0, 0.05) is 12.2 Å². The Hall–Kier alpha value is -3.17. The van der Waals surface area contributed by atoms with Crippen LogP contribution in [0.1, 0.15) is 55.4 Å². The Morgan fingerprint density at radius 3 is 2.21 bits per heavy atom. The van der Waals surface area contributed by atoms with Gasteiger partial charge in [0.2, 0.25) is 0 Å². The summed E-state index contributed by atoms with van der Waals surface area (Å²) >= 11 is 0. The summed E-state index contributed by atoms with van der Waals surface area (Å²) in [7, 11) is 0. The van der Waals surface area contributed by atoms with E-state index in [0.29, 0.717) is 12.0 Å². The molecule has 0 fully saturated rings. The molecule has 0 unspecified atom stereocenters. The highest BCUT2D eigenvalue weighted by Gasteiger charge is 2.13. The van der Waals surface area contributed by atoms with Gasteiger partial charge >= 0.3 is 5.97 Å². The molecule has 0 atom stereocenters. The minimum atomic E-state index is -0.386. The van der Waals surface area contributed by atoms with Gasteiger partial charge in [-0.05, 0) is 83.7 Å². The first-order chi connectivity index (χ1) is 16.4. The Bertz CT molecular complexity index is 1130. The second-order valence-electron chi connectivity index (χ2n) is 9.01. The molecule has 3 nitrogen and oxygen atoms in total. The number of aliphatic hydroxyl groups is 1. The van der Waals surface area contributed by atoms with Crippen molar-refractivity contribution >= 4 is 5.97 Å². The summed E-state index contributed by atoms with van der Waals surface area (Å²) in [5, 5.41) is 9.26.